The van der Waals surface area contributed by atoms with E-state index in [9.17, 15) is 0 Å². The predicted octanol–water partition coefficient (Wildman–Crippen LogP) is 11.7. The van der Waals surface area contributed by atoms with Crippen molar-refractivity contribution in [3.05, 3.63) is 150 Å². The van der Waals surface area contributed by atoms with Crippen LogP contribution in [0, 0.1) is 5.92 Å². The molecule has 0 radical (unpaired) electrons. The fourth-order valence-corrected chi connectivity index (χ4v) is 9.33. The van der Waals surface area contributed by atoms with Crippen LogP contribution in [-0.4, -0.2) is 16.0 Å². The van der Waals surface area contributed by atoms with Gasteiger partial charge in [-0.15, -0.1) is 11.3 Å². The van der Waals surface area contributed by atoms with Crippen molar-refractivity contribution in [3.63, 3.8) is 0 Å². The van der Waals surface area contributed by atoms with Gasteiger partial charge in [0.25, 0.3) is 0 Å². The van der Waals surface area contributed by atoms with E-state index in [1.54, 1.807) is 0 Å². The number of rotatable bonds is 5. The zero-order valence-corrected chi connectivity index (χ0v) is 28.1. The largest absolute Gasteiger partial charge is 0.331 e. The maximum Gasteiger partial charge on any atom is 0.160 e. The van der Waals surface area contributed by atoms with Crippen LogP contribution >= 0.6 is 11.3 Å². The van der Waals surface area contributed by atoms with E-state index in [0.717, 1.165) is 33.6 Å². The summed E-state index contributed by atoms with van der Waals surface area (Å²) in [5, 5.41) is 1.34. The first kappa shape index (κ1) is 28.9. The first-order valence-electron chi connectivity index (χ1n) is 16.7. The molecule has 2 unspecified atom stereocenters. The van der Waals surface area contributed by atoms with Gasteiger partial charge in [0.05, 0.1) is 28.0 Å². The van der Waals surface area contributed by atoms with E-state index in [0.29, 0.717) is 17.8 Å². The lowest BCUT2D eigenvalue weighted by atomic mass is 9.64. The van der Waals surface area contributed by atoms with E-state index in [1.165, 1.54) is 43.0 Å². The first-order valence-corrected chi connectivity index (χ1v) is 17.5. The van der Waals surface area contributed by atoms with Crippen molar-refractivity contribution in [1.29, 1.82) is 0 Å². The average molecular weight is 638 g/mol. The Morgan fingerprint density at radius 3 is 2.46 bits per heavy atom. The highest BCUT2D eigenvalue weighted by Crippen LogP contribution is 2.62. The molecule has 3 nitrogen and oxygen atoms in total. The third-order valence-corrected chi connectivity index (χ3v) is 11.6. The number of allylic oxidation sites excluding steroid dienone is 3. The summed E-state index contributed by atoms with van der Waals surface area (Å²) in [5.41, 5.74) is 12.4. The molecule has 4 aromatic carbocycles. The monoisotopic (exact) mass is 637 g/mol. The quantitative estimate of drug-likeness (QED) is 0.188. The molecule has 0 saturated heterocycles. The van der Waals surface area contributed by atoms with Gasteiger partial charge in [-0.05, 0) is 65.6 Å². The second-order valence-electron chi connectivity index (χ2n) is 13.4. The first-order chi connectivity index (χ1) is 23.5. The summed E-state index contributed by atoms with van der Waals surface area (Å²) in [5.74, 6) is 1.04. The van der Waals surface area contributed by atoms with Crippen molar-refractivity contribution in [2.24, 2.45) is 5.92 Å². The van der Waals surface area contributed by atoms with E-state index in [4.69, 9.17) is 9.97 Å². The summed E-state index contributed by atoms with van der Waals surface area (Å²) >= 11 is 1.93. The van der Waals surface area contributed by atoms with Gasteiger partial charge in [0.15, 0.2) is 5.82 Å². The second-order valence-corrected chi connectivity index (χ2v) is 14.5. The molecule has 0 spiro atoms. The maximum absolute atomic E-state index is 5.32. The van der Waals surface area contributed by atoms with Crippen LogP contribution in [0.3, 0.4) is 0 Å². The summed E-state index contributed by atoms with van der Waals surface area (Å²) in [6.45, 7) is 11.0. The summed E-state index contributed by atoms with van der Waals surface area (Å²) in [4.78, 5) is 14.5. The molecule has 3 aliphatic rings. The van der Waals surface area contributed by atoms with Crippen molar-refractivity contribution >= 4 is 50.5 Å². The van der Waals surface area contributed by atoms with Gasteiger partial charge in [-0.2, -0.15) is 0 Å². The number of hydrogen-bond donors (Lipinski definition) is 0. The molecule has 9 rings (SSSR count). The molecule has 0 bridgehead atoms. The Balaban J connectivity index is 1.23. The van der Waals surface area contributed by atoms with Crippen LogP contribution in [0.4, 0.5) is 11.4 Å². The van der Waals surface area contributed by atoms with E-state index in [-0.39, 0.29) is 5.41 Å². The van der Waals surface area contributed by atoms with Gasteiger partial charge < -0.3 is 4.90 Å². The van der Waals surface area contributed by atoms with Crippen LogP contribution in [0.5, 0.6) is 0 Å². The van der Waals surface area contributed by atoms with Crippen LogP contribution in [0.2, 0.25) is 0 Å². The van der Waals surface area contributed by atoms with Gasteiger partial charge in [0.2, 0.25) is 0 Å². The van der Waals surface area contributed by atoms with Crippen molar-refractivity contribution in [3.8, 4) is 33.8 Å². The summed E-state index contributed by atoms with van der Waals surface area (Å²) in [6, 6.07) is 35.2. The zero-order chi connectivity index (χ0) is 32.6. The Morgan fingerprint density at radius 2 is 1.62 bits per heavy atom. The SMILES string of the molecule is C=Cc1nc(-c2ccc3c(c2)C(C)(C)C2C=CC=C4c5sc6ccccc6c5N3C42)nc(-c2cccc(-c3ccccc3)c2)c1/C=C\C. The van der Waals surface area contributed by atoms with Crippen molar-refractivity contribution < 1.29 is 0 Å². The minimum Gasteiger partial charge on any atom is -0.331 e. The van der Waals surface area contributed by atoms with Gasteiger partial charge in [0, 0.05) is 43.8 Å². The number of benzene rings is 4. The Kier molecular flexibility index (Phi) is 6.53. The lowest BCUT2D eigenvalue weighted by Crippen LogP contribution is -2.49. The second kappa shape index (κ2) is 10.9. The number of hydrogen-bond acceptors (Lipinski definition) is 4. The lowest BCUT2D eigenvalue weighted by Gasteiger charge is -2.49. The third-order valence-electron chi connectivity index (χ3n) is 10.4. The highest BCUT2D eigenvalue weighted by atomic mass is 32.1. The standard InChI is InChI=1S/C44H35N3S/c1-5-14-31-36(6-2)45-43(46-39(31)29-18-12-17-28(25-29)27-15-8-7-9-16-27)30-23-24-37-35(26-30)44(3,4)34-21-13-20-33-40(34)47(37)41-32-19-10-11-22-38(32)48-42(33)41/h5-26,34,40H,2H2,1,3-4H3/b14-5-. The van der Waals surface area contributed by atoms with Gasteiger partial charge in [0.1, 0.15) is 0 Å². The van der Waals surface area contributed by atoms with Gasteiger partial charge in [-0.25, -0.2) is 9.97 Å². The highest BCUT2D eigenvalue weighted by Gasteiger charge is 2.52. The number of thiophene rings is 1. The molecule has 4 heteroatoms. The predicted molar refractivity (Wildman–Crippen MR) is 205 cm³/mol. The molecular formula is C44H35N3S. The van der Waals surface area contributed by atoms with Crippen LogP contribution in [-0.2, 0) is 5.41 Å². The molecule has 4 heterocycles. The average Bonchev–Trinajstić information content (AvgIpc) is 3.66. The van der Waals surface area contributed by atoms with Crippen molar-refractivity contribution in [2.75, 3.05) is 4.90 Å². The molecule has 0 saturated carbocycles. The topological polar surface area (TPSA) is 29.0 Å². The normalized spacial score (nSPS) is 18.5. The lowest BCUT2D eigenvalue weighted by molar-refractivity contribution is 0.341. The van der Waals surface area contributed by atoms with E-state index >= 15 is 0 Å². The molecule has 2 atom stereocenters. The van der Waals surface area contributed by atoms with Gasteiger partial charge >= 0.3 is 0 Å². The molecule has 48 heavy (non-hydrogen) atoms. The molecule has 232 valence electrons. The van der Waals surface area contributed by atoms with E-state index in [1.807, 2.05) is 30.4 Å². The van der Waals surface area contributed by atoms with E-state index < -0.39 is 0 Å². The smallest absolute Gasteiger partial charge is 0.160 e. The van der Waals surface area contributed by atoms with E-state index in [2.05, 4.69) is 147 Å². The van der Waals surface area contributed by atoms with Crippen molar-refractivity contribution in [2.45, 2.75) is 32.2 Å². The van der Waals surface area contributed by atoms with Crippen LogP contribution < -0.4 is 4.90 Å². The molecule has 0 fully saturated rings. The Labute approximate surface area is 286 Å². The molecule has 6 aromatic rings. The molecule has 1 aliphatic carbocycles. The molecule has 0 N–H and O–H groups in total. The number of fused-ring (bicyclic) bond motifs is 7. The molecule has 0 amide bonds. The molecule has 2 aromatic heterocycles. The minimum atomic E-state index is -0.106. The Morgan fingerprint density at radius 1 is 0.833 bits per heavy atom. The number of anilines is 2. The number of aromatic nitrogens is 2. The number of nitrogens with zero attached hydrogens (tertiary/aromatic N) is 3. The van der Waals surface area contributed by atoms with Gasteiger partial charge in [-0.1, -0.05) is 118 Å². The molecule has 2 aliphatic heterocycles. The maximum atomic E-state index is 5.32. The summed E-state index contributed by atoms with van der Waals surface area (Å²) in [7, 11) is 0. The highest BCUT2D eigenvalue weighted by molar-refractivity contribution is 7.21. The zero-order valence-electron chi connectivity index (χ0n) is 27.3. The van der Waals surface area contributed by atoms with Crippen LogP contribution in [0.25, 0.3) is 61.6 Å². The fourth-order valence-electron chi connectivity index (χ4n) is 8.08. The summed E-state index contributed by atoms with van der Waals surface area (Å²) in [6.07, 6.45) is 13.0. The van der Waals surface area contributed by atoms with Gasteiger partial charge in [-0.3, -0.25) is 0 Å². The third kappa shape index (κ3) is 4.19. The van der Waals surface area contributed by atoms with Crippen LogP contribution in [0.1, 0.15) is 42.5 Å². The Bertz CT molecular complexity index is 2370. The minimum absolute atomic E-state index is 0.106. The van der Waals surface area contributed by atoms with Crippen LogP contribution in [0.15, 0.2) is 128 Å². The fraction of sp³-hybridized carbons (Fsp3) is 0.136. The summed E-state index contributed by atoms with van der Waals surface area (Å²) < 4.78 is 1.34. The van der Waals surface area contributed by atoms with Crippen molar-refractivity contribution in [1.82, 2.24) is 9.97 Å². The molecular weight excluding hydrogens is 603 g/mol. The Hall–Kier alpha value is -5.32.